The summed E-state index contributed by atoms with van der Waals surface area (Å²) in [5, 5.41) is 3.36. The highest BCUT2D eigenvalue weighted by atomic mass is 16.5. The van der Waals surface area contributed by atoms with Crippen LogP contribution in [0.1, 0.15) is 50.6 Å². The van der Waals surface area contributed by atoms with Gasteiger partial charge in [-0.05, 0) is 43.5 Å². The van der Waals surface area contributed by atoms with Crippen LogP contribution >= 0.6 is 0 Å². The second kappa shape index (κ2) is 8.40. The lowest BCUT2D eigenvalue weighted by atomic mass is 9.85. The minimum absolute atomic E-state index is 0.222. The van der Waals surface area contributed by atoms with Gasteiger partial charge in [-0.3, -0.25) is 0 Å². The molecule has 3 nitrogen and oxygen atoms in total. The van der Waals surface area contributed by atoms with Crippen molar-refractivity contribution in [3.05, 3.63) is 29.8 Å². The molecule has 1 saturated carbocycles. The van der Waals surface area contributed by atoms with Crippen molar-refractivity contribution < 1.29 is 9.47 Å². The standard InChI is InChI=1S/C18H29NO2/c1-4-14-8-5-6-11-18(14)21-13-17(19-2)15-9-7-10-16(12-15)20-3/h7,9-10,12,14,17-19H,4-6,8,11,13H2,1-3H3. The molecular weight excluding hydrogens is 262 g/mol. The summed E-state index contributed by atoms with van der Waals surface area (Å²) >= 11 is 0. The number of rotatable bonds is 7. The van der Waals surface area contributed by atoms with Crippen molar-refractivity contribution in [1.29, 1.82) is 0 Å². The van der Waals surface area contributed by atoms with Gasteiger partial charge in [0.1, 0.15) is 5.75 Å². The zero-order chi connectivity index (χ0) is 15.1. The molecule has 1 aliphatic rings. The topological polar surface area (TPSA) is 30.5 Å². The van der Waals surface area contributed by atoms with E-state index in [9.17, 15) is 0 Å². The molecule has 3 unspecified atom stereocenters. The molecular formula is C18H29NO2. The zero-order valence-electron chi connectivity index (χ0n) is 13.6. The van der Waals surface area contributed by atoms with Crippen LogP contribution in [-0.4, -0.2) is 26.9 Å². The van der Waals surface area contributed by atoms with Gasteiger partial charge in [0, 0.05) is 0 Å². The van der Waals surface area contributed by atoms with Crippen LogP contribution in [0.2, 0.25) is 0 Å². The Kier molecular flexibility index (Phi) is 6.52. The van der Waals surface area contributed by atoms with E-state index in [1.165, 1.54) is 37.7 Å². The van der Waals surface area contributed by atoms with Gasteiger partial charge in [-0.2, -0.15) is 0 Å². The Labute approximate surface area is 129 Å². The summed E-state index contributed by atoms with van der Waals surface area (Å²) in [6.45, 7) is 3.01. The van der Waals surface area contributed by atoms with Gasteiger partial charge in [-0.15, -0.1) is 0 Å². The van der Waals surface area contributed by atoms with Crippen LogP contribution in [-0.2, 0) is 4.74 Å². The van der Waals surface area contributed by atoms with Gasteiger partial charge in [-0.1, -0.05) is 38.3 Å². The van der Waals surface area contributed by atoms with Crippen LogP contribution in [0, 0.1) is 5.92 Å². The second-order valence-corrected chi connectivity index (χ2v) is 5.94. The van der Waals surface area contributed by atoms with E-state index < -0.39 is 0 Å². The van der Waals surface area contributed by atoms with Crippen LogP contribution in [0.25, 0.3) is 0 Å². The summed E-state index contributed by atoms with van der Waals surface area (Å²) < 4.78 is 11.6. The quantitative estimate of drug-likeness (QED) is 0.825. The lowest BCUT2D eigenvalue weighted by molar-refractivity contribution is -0.0210. The summed E-state index contributed by atoms with van der Waals surface area (Å²) in [4.78, 5) is 0. The highest BCUT2D eigenvalue weighted by Gasteiger charge is 2.25. The molecule has 0 saturated heterocycles. The SMILES string of the molecule is CCC1CCCCC1OCC(NC)c1cccc(OC)c1. The first-order valence-electron chi connectivity index (χ1n) is 8.21. The average molecular weight is 291 g/mol. The van der Waals surface area contributed by atoms with Crippen molar-refractivity contribution in [2.75, 3.05) is 20.8 Å². The molecule has 1 aliphatic carbocycles. The fraction of sp³-hybridized carbons (Fsp3) is 0.667. The van der Waals surface area contributed by atoms with E-state index >= 15 is 0 Å². The van der Waals surface area contributed by atoms with Gasteiger partial charge in [0.05, 0.1) is 25.9 Å². The summed E-state index contributed by atoms with van der Waals surface area (Å²) in [5.74, 6) is 1.64. The minimum atomic E-state index is 0.222. The monoisotopic (exact) mass is 291 g/mol. The molecule has 0 radical (unpaired) electrons. The molecule has 0 amide bonds. The van der Waals surface area contributed by atoms with E-state index in [1.54, 1.807) is 7.11 Å². The van der Waals surface area contributed by atoms with Gasteiger partial charge in [0.15, 0.2) is 0 Å². The number of ether oxygens (including phenoxy) is 2. The average Bonchev–Trinajstić information content (AvgIpc) is 2.56. The predicted molar refractivity (Wildman–Crippen MR) is 86.8 cm³/mol. The molecule has 1 N–H and O–H groups in total. The Hall–Kier alpha value is -1.06. The Morgan fingerprint density at radius 3 is 2.81 bits per heavy atom. The van der Waals surface area contributed by atoms with E-state index in [0.29, 0.717) is 6.10 Å². The summed E-state index contributed by atoms with van der Waals surface area (Å²) in [5.41, 5.74) is 1.22. The zero-order valence-corrected chi connectivity index (χ0v) is 13.6. The minimum Gasteiger partial charge on any atom is -0.497 e. The van der Waals surface area contributed by atoms with Gasteiger partial charge < -0.3 is 14.8 Å². The number of likely N-dealkylation sites (N-methyl/N-ethyl adjacent to an activating group) is 1. The number of hydrogen-bond acceptors (Lipinski definition) is 3. The van der Waals surface area contributed by atoms with Crippen molar-refractivity contribution in [2.24, 2.45) is 5.92 Å². The van der Waals surface area contributed by atoms with Crippen molar-refractivity contribution in [1.82, 2.24) is 5.32 Å². The molecule has 118 valence electrons. The number of hydrogen-bond donors (Lipinski definition) is 1. The molecule has 21 heavy (non-hydrogen) atoms. The number of nitrogens with one attached hydrogen (secondary N) is 1. The van der Waals surface area contributed by atoms with Crippen LogP contribution in [0.3, 0.4) is 0 Å². The lowest BCUT2D eigenvalue weighted by Crippen LogP contribution is -2.31. The van der Waals surface area contributed by atoms with Gasteiger partial charge in [-0.25, -0.2) is 0 Å². The molecule has 3 atom stereocenters. The largest absolute Gasteiger partial charge is 0.497 e. The Balaban J connectivity index is 1.95. The lowest BCUT2D eigenvalue weighted by Gasteiger charge is -2.32. The van der Waals surface area contributed by atoms with Crippen LogP contribution < -0.4 is 10.1 Å². The highest BCUT2D eigenvalue weighted by Crippen LogP contribution is 2.30. The third-order valence-corrected chi connectivity index (χ3v) is 4.69. The molecule has 0 spiro atoms. The Bertz CT molecular complexity index is 421. The molecule has 1 aromatic rings. The maximum atomic E-state index is 6.26. The maximum absolute atomic E-state index is 6.26. The molecule has 0 aliphatic heterocycles. The first-order valence-corrected chi connectivity index (χ1v) is 8.21. The summed E-state index contributed by atoms with van der Waals surface area (Å²) in [6, 6.07) is 8.45. The number of methoxy groups -OCH3 is 1. The fourth-order valence-electron chi connectivity index (χ4n) is 3.28. The Morgan fingerprint density at radius 1 is 1.29 bits per heavy atom. The molecule has 0 aromatic heterocycles. The first-order chi connectivity index (χ1) is 10.3. The van der Waals surface area contributed by atoms with Crippen LogP contribution in [0.15, 0.2) is 24.3 Å². The predicted octanol–water partition coefficient (Wildman–Crippen LogP) is 3.94. The molecule has 2 rings (SSSR count). The maximum Gasteiger partial charge on any atom is 0.119 e. The van der Waals surface area contributed by atoms with Crippen molar-refractivity contribution >= 4 is 0 Å². The Morgan fingerprint density at radius 2 is 2.10 bits per heavy atom. The van der Waals surface area contributed by atoms with Gasteiger partial charge >= 0.3 is 0 Å². The summed E-state index contributed by atoms with van der Waals surface area (Å²) in [6.07, 6.45) is 6.88. The molecule has 0 bridgehead atoms. The van der Waals surface area contributed by atoms with E-state index in [4.69, 9.17) is 9.47 Å². The molecule has 1 fully saturated rings. The normalized spacial score (nSPS) is 23.8. The number of benzene rings is 1. The van der Waals surface area contributed by atoms with E-state index in [1.807, 2.05) is 19.2 Å². The van der Waals surface area contributed by atoms with Crippen molar-refractivity contribution in [3.63, 3.8) is 0 Å². The van der Waals surface area contributed by atoms with Crippen LogP contribution in [0.4, 0.5) is 0 Å². The third-order valence-electron chi connectivity index (χ3n) is 4.69. The third kappa shape index (κ3) is 4.45. The fourth-order valence-corrected chi connectivity index (χ4v) is 3.28. The van der Waals surface area contributed by atoms with E-state index in [-0.39, 0.29) is 6.04 Å². The van der Waals surface area contributed by atoms with Crippen molar-refractivity contribution in [2.45, 2.75) is 51.2 Å². The first kappa shape index (κ1) is 16.3. The smallest absolute Gasteiger partial charge is 0.119 e. The van der Waals surface area contributed by atoms with Crippen LogP contribution in [0.5, 0.6) is 5.75 Å². The molecule has 3 heteroatoms. The molecule has 1 aromatic carbocycles. The van der Waals surface area contributed by atoms with Gasteiger partial charge in [0.2, 0.25) is 0 Å². The molecule has 0 heterocycles. The van der Waals surface area contributed by atoms with E-state index in [2.05, 4.69) is 24.4 Å². The summed E-state index contributed by atoms with van der Waals surface area (Å²) in [7, 11) is 3.70. The highest BCUT2D eigenvalue weighted by molar-refractivity contribution is 5.30. The second-order valence-electron chi connectivity index (χ2n) is 5.94. The van der Waals surface area contributed by atoms with E-state index in [0.717, 1.165) is 18.3 Å². The van der Waals surface area contributed by atoms with Gasteiger partial charge in [0.25, 0.3) is 0 Å². The van der Waals surface area contributed by atoms with Crippen molar-refractivity contribution in [3.8, 4) is 5.75 Å².